The van der Waals surface area contributed by atoms with Gasteiger partial charge in [0.2, 0.25) is 0 Å². The Morgan fingerprint density at radius 3 is 2.62 bits per heavy atom. The third-order valence-electron chi connectivity index (χ3n) is 6.17. The molecule has 2 aliphatic carbocycles. The van der Waals surface area contributed by atoms with E-state index in [1.165, 1.54) is 25.7 Å². The van der Waals surface area contributed by atoms with E-state index in [1.54, 1.807) is 6.21 Å². The average Bonchev–Trinajstić information content (AvgIpc) is 2.79. The fourth-order valence-corrected chi connectivity index (χ4v) is 5.14. The predicted molar refractivity (Wildman–Crippen MR) is 86.6 cm³/mol. The van der Waals surface area contributed by atoms with Crippen molar-refractivity contribution in [2.75, 3.05) is 0 Å². The SMILES string of the molecule is CC(C)CCC[C@H](C)C1CCC2[C@@H](O)CCC[C@]12/C=N/O. The van der Waals surface area contributed by atoms with Gasteiger partial charge in [0.25, 0.3) is 0 Å². The number of fused-ring (bicyclic) bond motifs is 1. The molecule has 0 aromatic heterocycles. The molecule has 2 saturated carbocycles. The summed E-state index contributed by atoms with van der Waals surface area (Å²) in [6.45, 7) is 6.93. The summed E-state index contributed by atoms with van der Waals surface area (Å²) in [6.07, 6.45) is 10.7. The van der Waals surface area contributed by atoms with Crippen molar-refractivity contribution in [3.05, 3.63) is 0 Å². The number of aliphatic hydroxyl groups excluding tert-OH is 1. The van der Waals surface area contributed by atoms with Crippen LogP contribution in [0, 0.1) is 29.1 Å². The Kier molecular flexibility index (Phi) is 5.70. The third kappa shape index (κ3) is 3.44. The molecular weight excluding hydrogens is 262 g/mol. The van der Waals surface area contributed by atoms with Crippen LogP contribution in [0.3, 0.4) is 0 Å². The van der Waals surface area contributed by atoms with Gasteiger partial charge in [-0.25, -0.2) is 0 Å². The van der Waals surface area contributed by atoms with E-state index in [2.05, 4.69) is 25.9 Å². The van der Waals surface area contributed by atoms with E-state index < -0.39 is 0 Å². The Labute approximate surface area is 129 Å². The number of hydrogen-bond acceptors (Lipinski definition) is 3. The summed E-state index contributed by atoms with van der Waals surface area (Å²) in [5.41, 5.74) is -0.0519. The van der Waals surface area contributed by atoms with Crippen LogP contribution in [0.15, 0.2) is 5.16 Å². The van der Waals surface area contributed by atoms with Crippen LogP contribution >= 0.6 is 0 Å². The first kappa shape index (κ1) is 16.8. The zero-order chi connectivity index (χ0) is 15.5. The molecule has 122 valence electrons. The molecular formula is C18H33NO2. The van der Waals surface area contributed by atoms with Gasteiger partial charge in [-0.15, -0.1) is 5.16 Å². The maximum absolute atomic E-state index is 10.4. The van der Waals surface area contributed by atoms with Gasteiger partial charge in [0.15, 0.2) is 0 Å². The van der Waals surface area contributed by atoms with Crippen LogP contribution in [0.2, 0.25) is 0 Å². The van der Waals surface area contributed by atoms with Crippen LogP contribution in [-0.4, -0.2) is 22.6 Å². The van der Waals surface area contributed by atoms with Gasteiger partial charge in [-0.1, -0.05) is 40.0 Å². The second-order valence-corrected chi connectivity index (χ2v) is 7.91. The highest BCUT2D eigenvalue weighted by atomic mass is 16.4. The molecule has 3 nitrogen and oxygen atoms in total. The van der Waals surface area contributed by atoms with E-state index in [0.29, 0.717) is 17.8 Å². The standard InChI is InChI=1S/C18H33NO2/c1-13(2)6-4-7-14(3)15-9-10-16-17(20)8-5-11-18(15,16)12-19-21/h12-17,20-21H,4-11H2,1-3H3/b19-12+/t14-,15?,16?,17-,18-/m0/s1. The highest BCUT2D eigenvalue weighted by Crippen LogP contribution is 2.57. The van der Waals surface area contributed by atoms with E-state index in [1.807, 2.05) is 0 Å². The van der Waals surface area contributed by atoms with E-state index in [9.17, 15) is 10.3 Å². The van der Waals surface area contributed by atoms with Gasteiger partial charge in [0.05, 0.1) is 12.3 Å². The summed E-state index contributed by atoms with van der Waals surface area (Å²) in [5.74, 6) is 2.30. The molecule has 0 aromatic carbocycles. The highest BCUT2D eigenvalue weighted by Gasteiger charge is 2.54. The van der Waals surface area contributed by atoms with E-state index in [4.69, 9.17) is 0 Å². The van der Waals surface area contributed by atoms with Gasteiger partial charge in [-0.05, 0) is 55.8 Å². The lowest BCUT2D eigenvalue weighted by molar-refractivity contribution is 0.00266. The molecule has 5 atom stereocenters. The normalized spacial score (nSPS) is 38.0. The van der Waals surface area contributed by atoms with Gasteiger partial charge in [0.1, 0.15) is 0 Å². The van der Waals surface area contributed by atoms with E-state index in [-0.39, 0.29) is 11.5 Å². The first-order valence-corrected chi connectivity index (χ1v) is 8.88. The minimum absolute atomic E-state index is 0.0519. The zero-order valence-corrected chi connectivity index (χ0v) is 14.0. The molecule has 0 saturated heterocycles. The van der Waals surface area contributed by atoms with Crippen LogP contribution in [0.4, 0.5) is 0 Å². The van der Waals surface area contributed by atoms with Gasteiger partial charge < -0.3 is 10.3 Å². The van der Waals surface area contributed by atoms with Crippen molar-refractivity contribution in [2.24, 2.45) is 34.2 Å². The first-order valence-electron chi connectivity index (χ1n) is 8.88. The van der Waals surface area contributed by atoms with Crippen LogP contribution in [0.1, 0.15) is 72.1 Å². The van der Waals surface area contributed by atoms with E-state index >= 15 is 0 Å². The summed E-state index contributed by atoms with van der Waals surface area (Å²) < 4.78 is 0. The summed E-state index contributed by atoms with van der Waals surface area (Å²) in [4.78, 5) is 0. The van der Waals surface area contributed by atoms with Crippen molar-refractivity contribution in [3.8, 4) is 0 Å². The fraction of sp³-hybridized carbons (Fsp3) is 0.944. The smallest absolute Gasteiger partial charge is 0.0577 e. The zero-order valence-electron chi connectivity index (χ0n) is 14.0. The second kappa shape index (κ2) is 7.13. The molecule has 2 fully saturated rings. The molecule has 21 heavy (non-hydrogen) atoms. The van der Waals surface area contributed by atoms with Crippen LogP contribution in [0.5, 0.6) is 0 Å². The monoisotopic (exact) mass is 295 g/mol. The molecule has 2 unspecified atom stereocenters. The highest BCUT2D eigenvalue weighted by molar-refractivity contribution is 5.67. The van der Waals surface area contributed by atoms with Crippen molar-refractivity contribution in [3.63, 3.8) is 0 Å². The van der Waals surface area contributed by atoms with Gasteiger partial charge in [0, 0.05) is 5.41 Å². The van der Waals surface area contributed by atoms with Crippen LogP contribution in [-0.2, 0) is 0 Å². The second-order valence-electron chi connectivity index (χ2n) is 7.91. The van der Waals surface area contributed by atoms with Gasteiger partial charge in [-0.3, -0.25) is 0 Å². The number of hydrogen-bond donors (Lipinski definition) is 2. The number of nitrogens with zero attached hydrogens (tertiary/aromatic N) is 1. The van der Waals surface area contributed by atoms with Crippen LogP contribution < -0.4 is 0 Å². The lowest BCUT2D eigenvalue weighted by Crippen LogP contribution is -2.44. The largest absolute Gasteiger partial charge is 0.411 e. The Hall–Kier alpha value is -0.570. The lowest BCUT2D eigenvalue weighted by Gasteiger charge is -2.44. The molecule has 3 heteroatoms. The van der Waals surface area contributed by atoms with Crippen molar-refractivity contribution in [1.82, 2.24) is 0 Å². The van der Waals surface area contributed by atoms with Crippen molar-refractivity contribution >= 4 is 6.21 Å². The molecule has 0 aliphatic heterocycles. The predicted octanol–water partition coefficient (Wildman–Crippen LogP) is 4.47. The fourth-order valence-electron chi connectivity index (χ4n) is 5.14. The Bertz CT molecular complexity index is 355. The van der Waals surface area contributed by atoms with Crippen LogP contribution in [0.25, 0.3) is 0 Å². The summed E-state index contributed by atoms with van der Waals surface area (Å²) in [6, 6.07) is 0. The van der Waals surface area contributed by atoms with Gasteiger partial charge >= 0.3 is 0 Å². The maximum Gasteiger partial charge on any atom is 0.0577 e. The molecule has 0 bridgehead atoms. The molecule has 2 aliphatic rings. The number of aliphatic hydroxyl groups is 1. The minimum atomic E-state index is -0.204. The summed E-state index contributed by atoms with van der Waals surface area (Å²) in [5, 5.41) is 23.0. The number of oxime groups is 1. The Morgan fingerprint density at radius 2 is 1.95 bits per heavy atom. The average molecular weight is 295 g/mol. The number of rotatable bonds is 6. The summed E-state index contributed by atoms with van der Waals surface area (Å²) in [7, 11) is 0. The maximum atomic E-state index is 10.4. The Morgan fingerprint density at radius 1 is 1.19 bits per heavy atom. The topological polar surface area (TPSA) is 52.8 Å². The molecule has 0 spiro atoms. The van der Waals surface area contributed by atoms with E-state index in [0.717, 1.165) is 31.6 Å². The van der Waals surface area contributed by atoms with Crippen molar-refractivity contribution in [2.45, 2.75) is 78.2 Å². The molecule has 0 aromatic rings. The van der Waals surface area contributed by atoms with Crippen molar-refractivity contribution < 1.29 is 10.3 Å². The third-order valence-corrected chi connectivity index (χ3v) is 6.17. The minimum Gasteiger partial charge on any atom is -0.411 e. The van der Waals surface area contributed by atoms with Crippen molar-refractivity contribution in [1.29, 1.82) is 0 Å². The van der Waals surface area contributed by atoms with Gasteiger partial charge in [-0.2, -0.15) is 0 Å². The first-order chi connectivity index (χ1) is 10.0. The quantitative estimate of drug-likeness (QED) is 0.431. The summed E-state index contributed by atoms with van der Waals surface area (Å²) >= 11 is 0. The molecule has 2 N–H and O–H groups in total. The molecule has 0 amide bonds. The molecule has 0 heterocycles. The lowest BCUT2D eigenvalue weighted by atomic mass is 9.61. The Balaban J connectivity index is 2.07. The molecule has 2 rings (SSSR count). The molecule has 0 radical (unpaired) electrons.